The average molecular weight is 468 g/mol. The highest BCUT2D eigenvalue weighted by Gasteiger charge is 2.24. The Hall–Kier alpha value is -1.71. The number of halogens is 3. The summed E-state index contributed by atoms with van der Waals surface area (Å²) < 4.78 is 37.6. The van der Waals surface area contributed by atoms with Gasteiger partial charge in [-0.05, 0) is 31.2 Å². The molecule has 0 spiro atoms. The van der Waals surface area contributed by atoms with Crippen molar-refractivity contribution in [2.24, 2.45) is 0 Å². The van der Waals surface area contributed by atoms with Crippen molar-refractivity contribution in [1.29, 1.82) is 0 Å². The van der Waals surface area contributed by atoms with E-state index in [0.29, 0.717) is 5.75 Å². The SMILES string of the molecule is COc1ccc(S(=O)(=O)N[C@@H](C)C(=O)Nc2cc(Cl)c(Cl)cc2Cl)cc1OC. The number of amides is 1. The van der Waals surface area contributed by atoms with Crippen LogP contribution >= 0.6 is 34.8 Å². The van der Waals surface area contributed by atoms with Gasteiger partial charge >= 0.3 is 0 Å². The molecule has 0 aliphatic carbocycles. The molecule has 0 aliphatic rings. The zero-order valence-electron chi connectivity index (χ0n) is 15.0. The Labute approximate surface area is 177 Å². The van der Waals surface area contributed by atoms with Crippen LogP contribution in [0.1, 0.15) is 6.92 Å². The highest BCUT2D eigenvalue weighted by molar-refractivity contribution is 7.89. The number of ether oxygens (including phenoxy) is 2. The predicted octanol–water partition coefficient (Wildman–Crippen LogP) is 3.97. The summed E-state index contributed by atoms with van der Waals surface area (Å²) in [5, 5.41) is 3.09. The number of benzene rings is 2. The number of methoxy groups -OCH3 is 2. The van der Waals surface area contributed by atoms with Gasteiger partial charge in [0.1, 0.15) is 0 Å². The Balaban J connectivity index is 2.18. The van der Waals surface area contributed by atoms with Gasteiger partial charge in [-0.15, -0.1) is 0 Å². The Bertz CT molecular complexity index is 999. The number of carbonyl (C=O) groups is 1. The van der Waals surface area contributed by atoms with Crippen LogP contribution in [-0.2, 0) is 14.8 Å². The maximum atomic E-state index is 12.6. The molecule has 0 bridgehead atoms. The molecule has 0 unspecified atom stereocenters. The second-order valence-corrected chi connectivity index (χ2v) is 8.53. The van der Waals surface area contributed by atoms with Crippen molar-refractivity contribution in [2.75, 3.05) is 19.5 Å². The van der Waals surface area contributed by atoms with Gasteiger partial charge in [0.15, 0.2) is 11.5 Å². The van der Waals surface area contributed by atoms with E-state index in [1.54, 1.807) is 0 Å². The largest absolute Gasteiger partial charge is 0.493 e. The summed E-state index contributed by atoms with van der Waals surface area (Å²) >= 11 is 17.8. The van der Waals surface area contributed by atoms with Crippen LogP contribution in [0.2, 0.25) is 15.1 Å². The van der Waals surface area contributed by atoms with Crippen LogP contribution in [0, 0.1) is 0 Å². The van der Waals surface area contributed by atoms with Crippen molar-refractivity contribution in [3.05, 3.63) is 45.4 Å². The summed E-state index contributed by atoms with van der Waals surface area (Å²) in [6, 6.07) is 5.72. The molecule has 2 N–H and O–H groups in total. The number of carbonyl (C=O) groups excluding carboxylic acids is 1. The summed E-state index contributed by atoms with van der Waals surface area (Å²) in [7, 11) is -1.18. The lowest BCUT2D eigenvalue weighted by molar-refractivity contribution is -0.117. The molecule has 11 heteroatoms. The Morgan fingerprint density at radius 2 is 1.57 bits per heavy atom. The molecular formula is C17H17Cl3N2O5S. The fourth-order valence-corrected chi connectivity index (χ4v) is 4.01. The molecule has 7 nitrogen and oxygen atoms in total. The molecule has 0 aromatic heterocycles. The van der Waals surface area contributed by atoms with E-state index in [9.17, 15) is 13.2 Å². The summed E-state index contributed by atoms with van der Waals surface area (Å²) in [4.78, 5) is 12.3. The van der Waals surface area contributed by atoms with E-state index in [1.165, 1.54) is 51.5 Å². The van der Waals surface area contributed by atoms with Gasteiger partial charge in [-0.25, -0.2) is 8.42 Å². The topological polar surface area (TPSA) is 93.7 Å². The molecule has 28 heavy (non-hydrogen) atoms. The maximum Gasteiger partial charge on any atom is 0.242 e. The van der Waals surface area contributed by atoms with Gasteiger partial charge < -0.3 is 14.8 Å². The molecule has 152 valence electrons. The molecular weight excluding hydrogens is 451 g/mol. The smallest absolute Gasteiger partial charge is 0.242 e. The Morgan fingerprint density at radius 3 is 2.18 bits per heavy atom. The highest BCUT2D eigenvalue weighted by atomic mass is 35.5. The van der Waals surface area contributed by atoms with Crippen molar-refractivity contribution >= 4 is 56.4 Å². The van der Waals surface area contributed by atoms with Gasteiger partial charge in [0.05, 0.1) is 45.9 Å². The van der Waals surface area contributed by atoms with Gasteiger partial charge in [-0.3, -0.25) is 4.79 Å². The number of rotatable bonds is 7. The lowest BCUT2D eigenvalue weighted by Crippen LogP contribution is -2.41. The molecule has 0 saturated heterocycles. The first-order chi connectivity index (χ1) is 13.1. The zero-order valence-corrected chi connectivity index (χ0v) is 18.1. The van der Waals surface area contributed by atoms with Crippen LogP contribution in [0.4, 0.5) is 5.69 Å². The third kappa shape index (κ3) is 5.21. The minimum atomic E-state index is -4.01. The molecule has 0 heterocycles. The van der Waals surface area contributed by atoms with Crippen molar-refractivity contribution in [3.8, 4) is 11.5 Å². The van der Waals surface area contributed by atoms with Gasteiger partial charge in [-0.1, -0.05) is 34.8 Å². The van der Waals surface area contributed by atoms with Crippen LogP contribution in [0.3, 0.4) is 0 Å². The summed E-state index contributed by atoms with van der Waals surface area (Å²) in [5.74, 6) is -0.0177. The molecule has 0 aliphatic heterocycles. The number of anilines is 1. The van der Waals surface area contributed by atoms with Gasteiger partial charge in [0.2, 0.25) is 15.9 Å². The fraction of sp³-hybridized carbons (Fsp3) is 0.235. The van der Waals surface area contributed by atoms with Crippen LogP contribution in [0.15, 0.2) is 35.2 Å². The highest BCUT2D eigenvalue weighted by Crippen LogP contribution is 2.32. The molecule has 0 saturated carbocycles. The molecule has 0 radical (unpaired) electrons. The second kappa shape index (κ2) is 9.19. The van der Waals surface area contributed by atoms with E-state index in [2.05, 4.69) is 10.0 Å². The standard InChI is InChI=1S/C17H17Cl3N2O5S/c1-9(17(23)21-14-8-12(19)11(18)7-13(14)20)22-28(24,25)10-4-5-15(26-2)16(6-10)27-3/h4-9,22H,1-3H3,(H,21,23)/t9-/m0/s1. The predicted molar refractivity (Wildman–Crippen MR) is 109 cm³/mol. The zero-order chi connectivity index (χ0) is 21.1. The van der Waals surface area contributed by atoms with Gasteiger partial charge in [-0.2, -0.15) is 4.72 Å². The monoisotopic (exact) mass is 466 g/mol. The summed E-state index contributed by atoms with van der Waals surface area (Å²) in [6.07, 6.45) is 0. The van der Waals surface area contributed by atoms with Gasteiger partial charge in [0, 0.05) is 6.07 Å². The fourth-order valence-electron chi connectivity index (χ4n) is 2.20. The quantitative estimate of drug-likeness (QED) is 0.601. The minimum Gasteiger partial charge on any atom is -0.493 e. The summed E-state index contributed by atoms with van der Waals surface area (Å²) in [6.45, 7) is 1.39. The number of sulfonamides is 1. The third-order valence-electron chi connectivity index (χ3n) is 3.66. The molecule has 1 atom stereocenters. The normalized spacial score (nSPS) is 12.4. The summed E-state index contributed by atoms with van der Waals surface area (Å²) in [5.41, 5.74) is 0.207. The Kier molecular flexibility index (Phi) is 7.41. The van der Waals surface area contributed by atoms with Crippen molar-refractivity contribution < 1.29 is 22.7 Å². The second-order valence-electron chi connectivity index (χ2n) is 5.60. The van der Waals surface area contributed by atoms with Crippen molar-refractivity contribution in [2.45, 2.75) is 17.9 Å². The number of hydrogen-bond acceptors (Lipinski definition) is 5. The lowest BCUT2D eigenvalue weighted by atomic mass is 10.3. The Morgan fingerprint density at radius 1 is 0.964 bits per heavy atom. The minimum absolute atomic E-state index is 0.0858. The molecule has 1 amide bonds. The van der Waals surface area contributed by atoms with E-state index >= 15 is 0 Å². The lowest BCUT2D eigenvalue weighted by Gasteiger charge is -2.16. The first-order valence-electron chi connectivity index (χ1n) is 7.78. The van der Waals surface area contributed by atoms with E-state index in [1.807, 2.05) is 0 Å². The van der Waals surface area contributed by atoms with E-state index in [4.69, 9.17) is 44.3 Å². The first-order valence-corrected chi connectivity index (χ1v) is 10.4. The van der Waals surface area contributed by atoms with E-state index in [-0.39, 0.29) is 31.4 Å². The van der Waals surface area contributed by atoms with Crippen molar-refractivity contribution in [3.63, 3.8) is 0 Å². The molecule has 2 aromatic rings. The van der Waals surface area contributed by atoms with Crippen LogP contribution in [-0.4, -0.2) is 34.6 Å². The van der Waals surface area contributed by atoms with Crippen LogP contribution < -0.4 is 19.5 Å². The molecule has 2 aromatic carbocycles. The van der Waals surface area contributed by atoms with Gasteiger partial charge in [0.25, 0.3) is 0 Å². The van der Waals surface area contributed by atoms with E-state index in [0.717, 1.165) is 0 Å². The van der Waals surface area contributed by atoms with Crippen LogP contribution in [0.25, 0.3) is 0 Å². The molecule has 0 fully saturated rings. The third-order valence-corrected chi connectivity index (χ3v) is 6.23. The molecule has 2 rings (SSSR count). The first kappa shape index (κ1) is 22.6. The number of nitrogens with one attached hydrogen (secondary N) is 2. The average Bonchev–Trinajstić information content (AvgIpc) is 2.64. The van der Waals surface area contributed by atoms with Crippen molar-refractivity contribution in [1.82, 2.24) is 4.72 Å². The van der Waals surface area contributed by atoms with E-state index < -0.39 is 22.0 Å². The van der Waals surface area contributed by atoms with Crippen LogP contribution in [0.5, 0.6) is 11.5 Å². The number of hydrogen-bond donors (Lipinski definition) is 2. The maximum absolute atomic E-state index is 12.6.